The quantitative estimate of drug-likeness (QED) is 0.473. The summed E-state index contributed by atoms with van der Waals surface area (Å²) in [6.07, 6.45) is 4.63. The van der Waals surface area contributed by atoms with Crippen LogP contribution in [0.2, 0.25) is 0 Å². The van der Waals surface area contributed by atoms with E-state index in [1.165, 1.54) is 30.0 Å². The van der Waals surface area contributed by atoms with E-state index in [2.05, 4.69) is 28.2 Å². The number of fused-ring (bicyclic) bond motifs is 1. The van der Waals surface area contributed by atoms with E-state index in [9.17, 15) is 13.2 Å². The Bertz CT molecular complexity index is 1350. The number of hydrogen-bond acceptors (Lipinski definition) is 3. The molecule has 178 valence electrons. The van der Waals surface area contributed by atoms with Crippen LogP contribution in [0, 0.1) is 20.8 Å². The van der Waals surface area contributed by atoms with Crippen molar-refractivity contribution in [1.29, 1.82) is 0 Å². The maximum atomic E-state index is 13.2. The topological polar surface area (TPSA) is 75.3 Å². The number of sulfonamides is 1. The maximum absolute atomic E-state index is 13.2. The third-order valence-electron chi connectivity index (χ3n) is 6.60. The summed E-state index contributed by atoms with van der Waals surface area (Å²) in [6, 6.07) is 16.7. The van der Waals surface area contributed by atoms with Crippen molar-refractivity contribution < 1.29 is 13.2 Å². The summed E-state index contributed by atoms with van der Waals surface area (Å²) in [7, 11) is -3.86. The van der Waals surface area contributed by atoms with Gasteiger partial charge in [0.2, 0.25) is 0 Å². The number of hydrogen-bond donors (Lipinski definition) is 2. The summed E-state index contributed by atoms with van der Waals surface area (Å²) in [4.78, 5) is 13.1. The summed E-state index contributed by atoms with van der Waals surface area (Å²) >= 11 is 0. The van der Waals surface area contributed by atoms with Crippen LogP contribution >= 0.6 is 0 Å². The maximum Gasteiger partial charge on any atom is 0.262 e. The molecule has 0 saturated carbocycles. The van der Waals surface area contributed by atoms with E-state index in [-0.39, 0.29) is 16.8 Å². The Labute approximate surface area is 202 Å². The van der Waals surface area contributed by atoms with E-state index in [4.69, 9.17) is 0 Å². The van der Waals surface area contributed by atoms with E-state index in [0.717, 1.165) is 29.5 Å². The number of amides is 1. The van der Waals surface area contributed by atoms with Gasteiger partial charge in [0.1, 0.15) is 0 Å². The largest absolute Gasteiger partial charge is 0.346 e. The first-order chi connectivity index (χ1) is 16.1. The first-order valence-electron chi connectivity index (χ1n) is 11.8. The molecule has 5 nitrogen and oxygen atoms in total. The Kier molecular flexibility index (Phi) is 6.80. The highest BCUT2D eigenvalue weighted by molar-refractivity contribution is 7.92. The molecule has 0 radical (unpaired) electrons. The molecule has 3 aromatic carbocycles. The number of carbonyl (C=O) groups is 1. The van der Waals surface area contributed by atoms with Crippen molar-refractivity contribution in [2.45, 2.75) is 64.3 Å². The predicted molar refractivity (Wildman–Crippen MR) is 137 cm³/mol. The van der Waals surface area contributed by atoms with Crippen molar-refractivity contribution in [2.24, 2.45) is 0 Å². The van der Waals surface area contributed by atoms with Gasteiger partial charge in [0.25, 0.3) is 15.9 Å². The predicted octanol–water partition coefficient (Wildman–Crippen LogP) is 5.78. The highest BCUT2D eigenvalue weighted by Gasteiger charge is 2.21. The minimum absolute atomic E-state index is 0.0995. The molecule has 0 bridgehead atoms. The average Bonchev–Trinajstić information content (AvgIpc) is 2.81. The van der Waals surface area contributed by atoms with Crippen LogP contribution in [-0.2, 0) is 22.9 Å². The average molecular weight is 477 g/mol. The van der Waals surface area contributed by atoms with Crippen molar-refractivity contribution in [3.8, 4) is 0 Å². The summed E-state index contributed by atoms with van der Waals surface area (Å²) < 4.78 is 29.1. The lowest BCUT2D eigenvalue weighted by atomic mass is 9.89. The summed E-state index contributed by atoms with van der Waals surface area (Å²) in [6.45, 7) is 7.46. The molecule has 1 aliphatic rings. The first kappa shape index (κ1) is 24.0. The molecule has 0 unspecified atom stereocenters. The van der Waals surface area contributed by atoms with Crippen LogP contribution in [0.4, 0.5) is 5.69 Å². The second-order valence-corrected chi connectivity index (χ2v) is 11.0. The minimum Gasteiger partial charge on any atom is -0.346 e. The molecule has 2 N–H and O–H groups in total. The van der Waals surface area contributed by atoms with Crippen LogP contribution in [0.25, 0.3) is 0 Å². The van der Waals surface area contributed by atoms with E-state index < -0.39 is 10.0 Å². The van der Waals surface area contributed by atoms with E-state index >= 15 is 0 Å². The van der Waals surface area contributed by atoms with Gasteiger partial charge in [0, 0.05) is 5.56 Å². The monoisotopic (exact) mass is 476 g/mol. The molecule has 0 aliphatic heterocycles. The smallest absolute Gasteiger partial charge is 0.262 e. The third kappa shape index (κ3) is 5.17. The zero-order chi connectivity index (χ0) is 24.5. The van der Waals surface area contributed by atoms with Gasteiger partial charge in [-0.3, -0.25) is 9.52 Å². The molecular formula is C28H32N2O3S. The molecule has 3 aromatic rings. The lowest BCUT2D eigenvalue weighted by Crippen LogP contribution is -2.27. The molecule has 0 spiro atoms. The normalized spacial score (nSPS) is 14.2. The summed E-state index contributed by atoms with van der Waals surface area (Å²) in [5, 5.41) is 3.03. The van der Waals surface area contributed by atoms with Crippen LogP contribution in [0.3, 0.4) is 0 Å². The molecule has 0 heterocycles. The molecule has 4 rings (SSSR count). The van der Waals surface area contributed by atoms with Crippen LogP contribution in [0.1, 0.15) is 69.5 Å². The lowest BCUT2D eigenvalue weighted by molar-refractivity contribution is 0.0939. The number of rotatable bonds is 6. The van der Waals surface area contributed by atoms with E-state index in [0.29, 0.717) is 16.8 Å². The number of nitrogens with one attached hydrogen (secondary N) is 2. The van der Waals surface area contributed by atoms with Gasteiger partial charge in [-0.15, -0.1) is 0 Å². The highest BCUT2D eigenvalue weighted by atomic mass is 32.2. The fraction of sp³-hybridized carbons (Fsp3) is 0.321. The molecule has 0 saturated heterocycles. The Morgan fingerprint density at radius 3 is 2.32 bits per heavy atom. The zero-order valence-corrected chi connectivity index (χ0v) is 21.1. The van der Waals surface area contributed by atoms with Crippen LogP contribution in [0.5, 0.6) is 0 Å². The van der Waals surface area contributed by atoms with Gasteiger partial charge in [-0.25, -0.2) is 8.42 Å². The minimum atomic E-state index is -3.86. The Morgan fingerprint density at radius 2 is 1.56 bits per heavy atom. The fourth-order valence-corrected chi connectivity index (χ4v) is 5.86. The van der Waals surface area contributed by atoms with Crippen molar-refractivity contribution >= 4 is 21.6 Å². The van der Waals surface area contributed by atoms with Crippen molar-refractivity contribution in [2.75, 3.05) is 4.72 Å². The van der Waals surface area contributed by atoms with Gasteiger partial charge in [0.15, 0.2) is 0 Å². The lowest BCUT2D eigenvalue weighted by Gasteiger charge is -2.20. The zero-order valence-electron chi connectivity index (χ0n) is 20.2. The summed E-state index contributed by atoms with van der Waals surface area (Å²) in [5.41, 5.74) is 7.06. The Balaban J connectivity index is 1.55. The van der Waals surface area contributed by atoms with Gasteiger partial charge >= 0.3 is 0 Å². The third-order valence-corrected chi connectivity index (χ3v) is 8.10. The molecule has 34 heavy (non-hydrogen) atoms. The standard InChI is InChI=1S/C28H32N2O3S/c1-18-9-10-19(2)26(15-18)30-34(32,33)27-17-25(12-11-20(27)3)28(31)29-21(4)23-14-13-22-7-5-6-8-24(22)16-23/h9-17,21,30H,5-8H2,1-4H3,(H,29,31)/t21-/m1/s1. The van der Waals surface area contributed by atoms with E-state index in [1.54, 1.807) is 25.1 Å². The Hall–Kier alpha value is -3.12. The molecule has 1 atom stereocenters. The molecule has 1 amide bonds. The fourth-order valence-electron chi connectivity index (χ4n) is 4.46. The summed E-state index contributed by atoms with van der Waals surface area (Å²) in [5.74, 6) is -0.298. The van der Waals surface area contributed by atoms with Gasteiger partial charge < -0.3 is 5.32 Å². The molecule has 0 fully saturated rings. The second-order valence-electron chi connectivity index (χ2n) is 9.33. The number of benzene rings is 3. The van der Waals surface area contributed by atoms with Crippen LogP contribution in [-0.4, -0.2) is 14.3 Å². The molecule has 0 aromatic heterocycles. The highest BCUT2D eigenvalue weighted by Crippen LogP contribution is 2.26. The Morgan fingerprint density at radius 1 is 0.853 bits per heavy atom. The molecule has 1 aliphatic carbocycles. The first-order valence-corrected chi connectivity index (χ1v) is 13.3. The van der Waals surface area contributed by atoms with E-state index in [1.807, 2.05) is 32.9 Å². The van der Waals surface area contributed by atoms with Crippen LogP contribution in [0.15, 0.2) is 59.5 Å². The van der Waals surface area contributed by atoms with Crippen molar-refractivity contribution in [3.63, 3.8) is 0 Å². The van der Waals surface area contributed by atoms with Gasteiger partial charge in [0.05, 0.1) is 16.6 Å². The van der Waals surface area contributed by atoms with Gasteiger partial charge in [-0.2, -0.15) is 0 Å². The SMILES string of the molecule is Cc1ccc(C)c(NS(=O)(=O)c2cc(C(=O)N[C@H](C)c3ccc4c(c3)CCCC4)ccc2C)c1. The van der Waals surface area contributed by atoms with Crippen LogP contribution < -0.4 is 10.0 Å². The van der Waals surface area contributed by atoms with Gasteiger partial charge in [-0.1, -0.05) is 36.4 Å². The number of carbonyl (C=O) groups excluding carboxylic acids is 1. The molecular weight excluding hydrogens is 444 g/mol. The van der Waals surface area contributed by atoms with Crippen molar-refractivity contribution in [3.05, 3.63) is 93.5 Å². The number of anilines is 1. The molecule has 6 heteroatoms. The second kappa shape index (κ2) is 9.63. The van der Waals surface area contributed by atoms with Crippen molar-refractivity contribution in [1.82, 2.24) is 5.32 Å². The number of aryl methyl sites for hydroxylation is 5. The van der Waals surface area contributed by atoms with Gasteiger partial charge in [-0.05, 0) is 105 Å².